The fourth-order valence-electron chi connectivity index (χ4n) is 4.16. The van der Waals surface area contributed by atoms with Crippen molar-refractivity contribution in [1.29, 1.82) is 0 Å². The van der Waals surface area contributed by atoms with E-state index in [-0.39, 0.29) is 11.6 Å². The number of nitrogens with zero attached hydrogens (tertiary/aromatic N) is 3. The van der Waals surface area contributed by atoms with Crippen LogP contribution in [0.3, 0.4) is 0 Å². The summed E-state index contributed by atoms with van der Waals surface area (Å²) in [5, 5.41) is 2.92. The smallest absolute Gasteiger partial charge is 0.321 e. The van der Waals surface area contributed by atoms with Crippen LogP contribution < -0.4 is 10.1 Å². The molecule has 0 radical (unpaired) electrons. The molecule has 0 saturated carbocycles. The number of ether oxygens (including phenoxy) is 1. The van der Waals surface area contributed by atoms with Gasteiger partial charge in [-0.1, -0.05) is 13.0 Å². The lowest BCUT2D eigenvalue weighted by Crippen LogP contribution is -2.59. The predicted molar refractivity (Wildman–Crippen MR) is 109 cm³/mol. The monoisotopic (exact) mass is 410 g/mol. The number of hydrogen-bond acceptors (Lipinski definition) is 5. The summed E-state index contributed by atoms with van der Waals surface area (Å²) < 4.78 is 30.6. The second-order valence-corrected chi connectivity index (χ2v) is 9.54. The average molecular weight is 411 g/mol. The summed E-state index contributed by atoms with van der Waals surface area (Å²) >= 11 is 0. The fourth-order valence-corrected chi connectivity index (χ4v) is 5.06. The van der Waals surface area contributed by atoms with Crippen LogP contribution in [0.1, 0.15) is 19.8 Å². The van der Waals surface area contributed by atoms with Crippen LogP contribution in [0, 0.1) is 0 Å². The Hall–Kier alpha value is -1.84. The molecular weight excluding hydrogens is 380 g/mol. The van der Waals surface area contributed by atoms with Gasteiger partial charge in [-0.15, -0.1) is 0 Å². The Morgan fingerprint density at radius 3 is 2.50 bits per heavy atom. The van der Waals surface area contributed by atoms with E-state index in [2.05, 4.69) is 17.1 Å². The number of amides is 2. The highest BCUT2D eigenvalue weighted by molar-refractivity contribution is 7.88. The van der Waals surface area contributed by atoms with Crippen molar-refractivity contribution in [3.8, 4) is 5.75 Å². The molecule has 2 heterocycles. The molecule has 9 heteroatoms. The summed E-state index contributed by atoms with van der Waals surface area (Å²) in [6, 6.07) is 7.17. The summed E-state index contributed by atoms with van der Waals surface area (Å²) in [5.74, 6) is 0.698. The number of carbonyl (C=O) groups excluding carboxylic acids is 1. The van der Waals surface area contributed by atoms with Crippen LogP contribution in [-0.4, -0.2) is 86.7 Å². The van der Waals surface area contributed by atoms with E-state index in [0.29, 0.717) is 37.6 Å². The van der Waals surface area contributed by atoms with Gasteiger partial charge in [0, 0.05) is 56.6 Å². The van der Waals surface area contributed by atoms with Crippen molar-refractivity contribution in [2.75, 3.05) is 58.0 Å². The van der Waals surface area contributed by atoms with Gasteiger partial charge in [-0.3, -0.25) is 4.90 Å². The number of piperazine rings is 1. The van der Waals surface area contributed by atoms with Crippen LogP contribution in [-0.2, 0) is 10.0 Å². The molecule has 1 N–H and O–H groups in total. The molecule has 0 spiro atoms. The van der Waals surface area contributed by atoms with Gasteiger partial charge in [0.15, 0.2) is 0 Å². The van der Waals surface area contributed by atoms with Crippen molar-refractivity contribution in [2.45, 2.75) is 25.3 Å². The van der Waals surface area contributed by atoms with Gasteiger partial charge in [-0.05, 0) is 25.0 Å². The third kappa shape index (κ3) is 4.42. The number of carbonyl (C=O) groups is 1. The van der Waals surface area contributed by atoms with Gasteiger partial charge in [0.1, 0.15) is 5.75 Å². The van der Waals surface area contributed by atoms with Gasteiger partial charge in [0.05, 0.1) is 13.4 Å². The zero-order chi connectivity index (χ0) is 20.4. The van der Waals surface area contributed by atoms with E-state index >= 15 is 0 Å². The number of hydrogen-bond donors (Lipinski definition) is 1. The number of nitrogens with one attached hydrogen (secondary N) is 1. The minimum atomic E-state index is -3.17. The number of anilines is 1. The van der Waals surface area contributed by atoms with Crippen molar-refractivity contribution in [2.24, 2.45) is 0 Å². The van der Waals surface area contributed by atoms with Crippen LogP contribution in [0.4, 0.5) is 10.5 Å². The fraction of sp³-hybridized carbons (Fsp3) is 0.632. The molecule has 2 aliphatic rings. The molecule has 8 nitrogen and oxygen atoms in total. The lowest BCUT2D eigenvalue weighted by Gasteiger charge is -2.45. The van der Waals surface area contributed by atoms with E-state index in [1.807, 2.05) is 23.1 Å². The Labute approximate surface area is 167 Å². The highest BCUT2D eigenvalue weighted by Gasteiger charge is 2.45. The molecule has 0 bridgehead atoms. The minimum absolute atomic E-state index is 0.123. The predicted octanol–water partition coefficient (Wildman–Crippen LogP) is 1.66. The third-order valence-electron chi connectivity index (χ3n) is 5.98. The van der Waals surface area contributed by atoms with Gasteiger partial charge >= 0.3 is 6.03 Å². The van der Waals surface area contributed by atoms with Crippen LogP contribution in [0.5, 0.6) is 5.75 Å². The molecule has 0 aromatic heterocycles. The first-order chi connectivity index (χ1) is 13.3. The van der Waals surface area contributed by atoms with Gasteiger partial charge < -0.3 is 15.0 Å². The van der Waals surface area contributed by atoms with Crippen LogP contribution in [0.25, 0.3) is 0 Å². The minimum Gasteiger partial charge on any atom is -0.497 e. The summed E-state index contributed by atoms with van der Waals surface area (Å²) in [7, 11) is -1.57. The van der Waals surface area contributed by atoms with E-state index in [0.717, 1.165) is 25.9 Å². The van der Waals surface area contributed by atoms with Crippen LogP contribution in [0.2, 0.25) is 0 Å². The van der Waals surface area contributed by atoms with Gasteiger partial charge in [-0.2, -0.15) is 0 Å². The molecule has 1 aromatic carbocycles. The van der Waals surface area contributed by atoms with Crippen molar-refractivity contribution < 1.29 is 17.9 Å². The Morgan fingerprint density at radius 2 is 1.93 bits per heavy atom. The molecule has 156 valence electrons. The normalized spacial score (nSPS) is 24.3. The zero-order valence-electron chi connectivity index (χ0n) is 16.8. The van der Waals surface area contributed by atoms with Gasteiger partial charge in [-0.25, -0.2) is 17.5 Å². The molecule has 28 heavy (non-hydrogen) atoms. The Kier molecular flexibility index (Phi) is 6.16. The number of urea groups is 1. The summed E-state index contributed by atoms with van der Waals surface area (Å²) in [6.07, 6.45) is 3.02. The molecule has 1 aromatic rings. The highest BCUT2D eigenvalue weighted by Crippen LogP contribution is 2.33. The quantitative estimate of drug-likeness (QED) is 0.798. The number of benzene rings is 1. The second-order valence-electron chi connectivity index (χ2n) is 7.56. The SMILES string of the molecule is CCC1(N2CCN(C(=O)Nc3cccc(OC)c3)CC2)CCN(S(C)(=O)=O)C1. The summed E-state index contributed by atoms with van der Waals surface area (Å²) in [6.45, 7) is 5.97. The van der Waals surface area contributed by atoms with Crippen molar-refractivity contribution in [3.05, 3.63) is 24.3 Å². The van der Waals surface area contributed by atoms with E-state index in [9.17, 15) is 13.2 Å². The first-order valence-electron chi connectivity index (χ1n) is 9.67. The standard InChI is InChI=1S/C19H30N4O4S/c1-4-19(8-9-23(15-19)28(3,25)26)22-12-10-21(11-13-22)18(24)20-16-6-5-7-17(14-16)27-2/h5-7,14H,4,8-13,15H2,1-3H3,(H,20,24). The van der Waals surface area contributed by atoms with Crippen molar-refractivity contribution >= 4 is 21.7 Å². The van der Waals surface area contributed by atoms with E-state index in [1.54, 1.807) is 17.5 Å². The average Bonchev–Trinajstić information content (AvgIpc) is 3.15. The maximum absolute atomic E-state index is 12.6. The lowest BCUT2D eigenvalue weighted by atomic mass is 9.92. The van der Waals surface area contributed by atoms with Gasteiger partial charge in [0.2, 0.25) is 10.0 Å². The third-order valence-corrected chi connectivity index (χ3v) is 7.23. The molecular formula is C19H30N4O4S. The summed E-state index contributed by atoms with van der Waals surface area (Å²) in [5.41, 5.74) is 0.578. The van der Waals surface area contributed by atoms with Crippen molar-refractivity contribution in [3.63, 3.8) is 0 Å². The molecule has 0 aliphatic carbocycles. The largest absolute Gasteiger partial charge is 0.497 e. The van der Waals surface area contributed by atoms with Crippen molar-refractivity contribution in [1.82, 2.24) is 14.1 Å². The van der Waals surface area contributed by atoms with Gasteiger partial charge in [0.25, 0.3) is 0 Å². The topological polar surface area (TPSA) is 82.2 Å². The maximum atomic E-state index is 12.6. The number of methoxy groups -OCH3 is 1. The number of rotatable bonds is 5. The Balaban J connectivity index is 1.58. The molecule has 2 aliphatic heterocycles. The van der Waals surface area contributed by atoms with Crippen LogP contribution in [0.15, 0.2) is 24.3 Å². The maximum Gasteiger partial charge on any atom is 0.321 e. The summed E-state index contributed by atoms with van der Waals surface area (Å²) in [4.78, 5) is 16.8. The van der Waals surface area contributed by atoms with E-state index in [4.69, 9.17) is 4.74 Å². The Morgan fingerprint density at radius 1 is 1.21 bits per heavy atom. The first kappa shape index (κ1) is 20.9. The second kappa shape index (κ2) is 8.26. The molecule has 1 unspecified atom stereocenters. The van der Waals surface area contributed by atoms with E-state index < -0.39 is 10.0 Å². The molecule has 2 fully saturated rings. The lowest BCUT2D eigenvalue weighted by molar-refractivity contribution is 0.0498. The molecule has 3 rings (SSSR count). The zero-order valence-corrected chi connectivity index (χ0v) is 17.7. The molecule has 2 saturated heterocycles. The molecule has 2 amide bonds. The first-order valence-corrected chi connectivity index (χ1v) is 11.5. The Bertz CT molecular complexity index is 808. The van der Waals surface area contributed by atoms with E-state index in [1.165, 1.54) is 6.26 Å². The number of sulfonamides is 1. The van der Waals surface area contributed by atoms with Crippen LogP contribution >= 0.6 is 0 Å². The highest BCUT2D eigenvalue weighted by atomic mass is 32.2. The molecule has 1 atom stereocenters.